The smallest absolute Gasteiger partial charge is 0.217 e. The van der Waals surface area contributed by atoms with Gasteiger partial charge >= 0.3 is 0 Å². The molecule has 0 heterocycles. The monoisotopic (exact) mass is 288 g/mol. The molecule has 0 radical (unpaired) electrons. The second kappa shape index (κ2) is 8.83. The fourth-order valence-corrected chi connectivity index (χ4v) is 3.20. The van der Waals surface area contributed by atoms with Crippen molar-refractivity contribution >= 4 is 5.91 Å². The molecule has 1 saturated carbocycles. The lowest BCUT2D eigenvalue weighted by atomic mass is 10.00. The number of benzene rings is 1. The number of rotatable bonds is 6. The summed E-state index contributed by atoms with van der Waals surface area (Å²) >= 11 is 0. The van der Waals surface area contributed by atoms with Crippen LogP contribution in [0.5, 0.6) is 0 Å². The maximum Gasteiger partial charge on any atom is 0.217 e. The van der Waals surface area contributed by atoms with Crippen LogP contribution in [-0.4, -0.2) is 25.0 Å². The van der Waals surface area contributed by atoms with Gasteiger partial charge in [-0.25, -0.2) is 0 Å². The third-order valence-corrected chi connectivity index (χ3v) is 4.36. The highest BCUT2D eigenvalue weighted by Crippen LogP contribution is 2.22. The fraction of sp³-hybridized carbons (Fsp3) is 0.611. The molecule has 3 heteroatoms. The van der Waals surface area contributed by atoms with E-state index in [4.69, 9.17) is 0 Å². The molecule has 0 aromatic heterocycles. The summed E-state index contributed by atoms with van der Waals surface area (Å²) in [7, 11) is 0. The first-order chi connectivity index (χ1) is 10.2. The lowest BCUT2D eigenvalue weighted by Gasteiger charge is -2.16. The Balaban J connectivity index is 1.61. The lowest BCUT2D eigenvalue weighted by molar-refractivity contribution is -0.119. The van der Waals surface area contributed by atoms with Crippen LogP contribution in [0, 0.1) is 5.92 Å². The number of carbonyl (C=O) groups is 1. The van der Waals surface area contributed by atoms with Crippen molar-refractivity contribution in [2.24, 2.45) is 5.92 Å². The zero-order valence-electron chi connectivity index (χ0n) is 13.1. The summed E-state index contributed by atoms with van der Waals surface area (Å²) in [4.78, 5) is 11.1. The Bertz CT molecular complexity index is 418. The van der Waals surface area contributed by atoms with Gasteiger partial charge in [0.25, 0.3) is 0 Å². The number of amides is 1. The van der Waals surface area contributed by atoms with E-state index in [1.807, 2.05) is 0 Å². The molecular weight excluding hydrogens is 260 g/mol. The van der Waals surface area contributed by atoms with Gasteiger partial charge in [-0.1, -0.05) is 36.8 Å². The molecule has 1 aliphatic carbocycles. The van der Waals surface area contributed by atoms with Crippen molar-refractivity contribution in [2.45, 2.75) is 51.5 Å². The van der Waals surface area contributed by atoms with E-state index in [1.165, 1.54) is 24.8 Å². The summed E-state index contributed by atoms with van der Waals surface area (Å²) in [6.07, 6.45) is 7.11. The van der Waals surface area contributed by atoms with Crippen molar-refractivity contribution in [1.82, 2.24) is 10.6 Å². The standard InChI is InChI=1S/C18H28N2O/c1-15(21)20-18-9-5-8-17(10-11-18)14-19-13-12-16-6-3-2-4-7-16/h2-4,6-7,17-19H,5,8-14H2,1H3,(H,20,21). The minimum Gasteiger partial charge on any atom is -0.354 e. The minimum atomic E-state index is 0.111. The molecule has 0 bridgehead atoms. The van der Waals surface area contributed by atoms with Crippen molar-refractivity contribution in [3.63, 3.8) is 0 Å². The summed E-state index contributed by atoms with van der Waals surface area (Å²) in [5.41, 5.74) is 1.40. The van der Waals surface area contributed by atoms with E-state index >= 15 is 0 Å². The van der Waals surface area contributed by atoms with Gasteiger partial charge < -0.3 is 10.6 Å². The molecule has 1 fully saturated rings. The van der Waals surface area contributed by atoms with Crippen LogP contribution >= 0.6 is 0 Å². The van der Waals surface area contributed by atoms with Gasteiger partial charge in [0.1, 0.15) is 0 Å². The van der Waals surface area contributed by atoms with E-state index in [0.29, 0.717) is 6.04 Å². The zero-order chi connectivity index (χ0) is 14.9. The number of carbonyl (C=O) groups excluding carboxylic acids is 1. The fourth-order valence-electron chi connectivity index (χ4n) is 3.20. The van der Waals surface area contributed by atoms with Crippen LogP contribution in [0.1, 0.15) is 44.6 Å². The van der Waals surface area contributed by atoms with Gasteiger partial charge in [0.15, 0.2) is 0 Å². The quantitative estimate of drug-likeness (QED) is 0.624. The Morgan fingerprint density at radius 3 is 2.71 bits per heavy atom. The van der Waals surface area contributed by atoms with Gasteiger partial charge in [-0.3, -0.25) is 4.79 Å². The van der Waals surface area contributed by atoms with Gasteiger partial charge in [0.05, 0.1) is 0 Å². The van der Waals surface area contributed by atoms with Crippen molar-refractivity contribution in [3.05, 3.63) is 35.9 Å². The van der Waals surface area contributed by atoms with Crippen molar-refractivity contribution in [2.75, 3.05) is 13.1 Å². The third kappa shape index (κ3) is 6.30. The van der Waals surface area contributed by atoms with Crippen molar-refractivity contribution in [3.8, 4) is 0 Å². The van der Waals surface area contributed by atoms with Crippen LogP contribution in [0.15, 0.2) is 30.3 Å². The molecular formula is C18H28N2O. The predicted octanol–water partition coefficient (Wildman–Crippen LogP) is 2.90. The maximum atomic E-state index is 11.1. The first-order valence-electron chi connectivity index (χ1n) is 8.26. The average Bonchev–Trinajstić information content (AvgIpc) is 2.70. The van der Waals surface area contributed by atoms with Gasteiger partial charge in [-0.15, -0.1) is 0 Å². The molecule has 1 aromatic rings. The highest BCUT2D eigenvalue weighted by Gasteiger charge is 2.18. The normalized spacial score (nSPS) is 22.5. The van der Waals surface area contributed by atoms with Gasteiger partial charge in [0.2, 0.25) is 5.91 Å². The van der Waals surface area contributed by atoms with E-state index < -0.39 is 0 Å². The van der Waals surface area contributed by atoms with Crippen LogP contribution in [0.3, 0.4) is 0 Å². The molecule has 21 heavy (non-hydrogen) atoms. The number of hydrogen-bond donors (Lipinski definition) is 2. The highest BCUT2D eigenvalue weighted by molar-refractivity contribution is 5.73. The molecule has 2 rings (SSSR count). The van der Waals surface area contributed by atoms with Crippen molar-refractivity contribution < 1.29 is 4.79 Å². The minimum absolute atomic E-state index is 0.111. The zero-order valence-corrected chi connectivity index (χ0v) is 13.1. The average molecular weight is 288 g/mol. The van der Waals surface area contributed by atoms with Crippen LogP contribution in [0.4, 0.5) is 0 Å². The molecule has 0 aliphatic heterocycles. The molecule has 1 amide bonds. The van der Waals surface area contributed by atoms with E-state index in [-0.39, 0.29) is 5.91 Å². The maximum absolute atomic E-state index is 11.1. The predicted molar refractivity (Wildman–Crippen MR) is 87.2 cm³/mol. The van der Waals surface area contributed by atoms with Gasteiger partial charge in [-0.05, 0) is 56.7 Å². The molecule has 116 valence electrons. The van der Waals surface area contributed by atoms with Crippen LogP contribution in [0.2, 0.25) is 0 Å². The SMILES string of the molecule is CC(=O)NC1CCCC(CNCCc2ccccc2)CC1. The van der Waals surface area contributed by atoms with Crippen LogP contribution in [0.25, 0.3) is 0 Å². The summed E-state index contributed by atoms with van der Waals surface area (Å²) in [6.45, 7) is 3.78. The van der Waals surface area contributed by atoms with E-state index in [0.717, 1.165) is 38.3 Å². The van der Waals surface area contributed by atoms with E-state index in [2.05, 4.69) is 41.0 Å². The highest BCUT2D eigenvalue weighted by atomic mass is 16.1. The largest absolute Gasteiger partial charge is 0.354 e. The Hall–Kier alpha value is -1.35. The molecule has 0 saturated heterocycles. The Kier molecular flexibility index (Phi) is 6.74. The Labute approximate surface area is 128 Å². The molecule has 3 nitrogen and oxygen atoms in total. The summed E-state index contributed by atoms with van der Waals surface area (Å²) in [5.74, 6) is 0.874. The van der Waals surface area contributed by atoms with E-state index in [1.54, 1.807) is 6.92 Å². The second-order valence-electron chi connectivity index (χ2n) is 6.21. The van der Waals surface area contributed by atoms with Crippen LogP contribution in [-0.2, 0) is 11.2 Å². The van der Waals surface area contributed by atoms with Crippen LogP contribution < -0.4 is 10.6 Å². The number of nitrogens with one attached hydrogen (secondary N) is 2. The molecule has 2 atom stereocenters. The summed E-state index contributed by atoms with van der Waals surface area (Å²) in [6, 6.07) is 11.0. The Morgan fingerprint density at radius 1 is 1.14 bits per heavy atom. The van der Waals surface area contributed by atoms with E-state index in [9.17, 15) is 4.79 Å². The molecule has 2 unspecified atom stereocenters. The number of hydrogen-bond acceptors (Lipinski definition) is 2. The van der Waals surface area contributed by atoms with Crippen molar-refractivity contribution in [1.29, 1.82) is 0 Å². The first-order valence-corrected chi connectivity index (χ1v) is 8.26. The summed E-state index contributed by atoms with van der Waals surface area (Å²) in [5, 5.41) is 6.67. The molecule has 0 spiro atoms. The molecule has 1 aliphatic rings. The first kappa shape index (κ1) is 16.0. The van der Waals surface area contributed by atoms with Gasteiger partial charge in [0, 0.05) is 13.0 Å². The summed E-state index contributed by atoms with van der Waals surface area (Å²) < 4.78 is 0. The molecule has 2 N–H and O–H groups in total. The lowest BCUT2D eigenvalue weighted by Crippen LogP contribution is -2.32. The molecule has 1 aromatic carbocycles. The topological polar surface area (TPSA) is 41.1 Å². The Morgan fingerprint density at radius 2 is 1.95 bits per heavy atom. The third-order valence-electron chi connectivity index (χ3n) is 4.36. The van der Waals surface area contributed by atoms with Gasteiger partial charge in [-0.2, -0.15) is 0 Å². The second-order valence-corrected chi connectivity index (χ2v) is 6.21.